The molecule has 0 fully saturated rings. The minimum Gasteiger partial charge on any atom is -0.446 e. The number of ether oxygens (including phenoxy) is 1. The van der Waals surface area contributed by atoms with Crippen LogP contribution in [0.15, 0.2) is 34.2 Å². The van der Waals surface area contributed by atoms with E-state index >= 15 is 0 Å². The summed E-state index contributed by atoms with van der Waals surface area (Å²) in [4.78, 5) is 3.35. The second kappa shape index (κ2) is 4.21. The molecule has 0 amide bonds. The lowest BCUT2D eigenvalue weighted by molar-refractivity contribution is 0.482. The second-order valence-electron chi connectivity index (χ2n) is 2.43. The van der Waals surface area contributed by atoms with E-state index in [1.54, 1.807) is 6.07 Å². The molecule has 0 saturated heterocycles. The van der Waals surface area contributed by atoms with Crippen molar-refractivity contribution in [2.45, 2.75) is 4.90 Å². The number of hydrogen-bond donors (Lipinski definition) is 1. The molecular formula is C8H9NO4S. The third kappa shape index (κ3) is 2.82. The van der Waals surface area contributed by atoms with E-state index in [1.165, 1.54) is 31.6 Å². The first-order valence-electron chi connectivity index (χ1n) is 3.69. The van der Waals surface area contributed by atoms with Crippen molar-refractivity contribution < 1.29 is 17.7 Å². The van der Waals surface area contributed by atoms with Crippen LogP contribution in [0, 0.1) is 0 Å². The monoisotopic (exact) mass is 215 g/mol. The van der Waals surface area contributed by atoms with Crippen LogP contribution in [-0.2, 0) is 10.1 Å². The van der Waals surface area contributed by atoms with Crippen molar-refractivity contribution in [2.24, 2.45) is 4.99 Å². The van der Waals surface area contributed by atoms with E-state index < -0.39 is 10.1 Å². The largest absolute Gasteiger partial charge is 0.446 e. The predicted octanol–water partition coefficient (Wildman–Crippen LogP) is 0.970. The van der Waals surface area contributed by atoms with Gasteiger partial charge in [0.15, 0.2) is 6.40 Å². The summed E-state index contributed by atoms with van der Waals surface area (Å²) in [5.74, 6) is 0.297. The number of aliphatic imine (C=N–C) groups is 1. The molecule has 0 heterocycles. The summed E-state index contributed by atoms with van der Waals surface area (Å²) < 4.78 is 35.1. The Morgan fingerprint density at radius 1 is 1.50 bits per heavy atom. The van der Waals surface area contributed by atoms with E-state index in [0.717, 1.165) is 0 Å². The Hall–Kier alpha value is -1.40. The molecule has 0 unspecified atom stereocenters. The summed E-state index contributed by atoms with van der Waals surface area (Å²) in [5, 5.41) is 0. The van der Waals surface area contributed by atoms with E-state index in [1.807, 2.05) is 0 Å². The molecule has 14 heavy (non-hydrogen) atoms. The lowest BCUT2D eigenvalue weighted by atomic mass is 10.3. The Morgan fingerprint density at radius 2 is 2.21 bits per heavy atom. The third-order valence-electron chi connectivity index (χ3n) is 1.40. The quantitative estimate of drug-likeness (QED) is 0.463. The number of rotatable bonds is 3. The summed E-state index contributed by atoms with van der Waals surface area (Å²) in [6.45, 7) is 0. The average Bonchev–Trinajstić information content (AvgIpc) is 2.14. The summed E-state index contributed by atoms with van der Waals surface area (Å²) in [6.07, 6.45) is 1.17. The number of nitrogens with zero attached hydrogens (tertiary/aromatic N) is 1. The molecule has 1 aromatic rings. The molecule has 0 aliphatic carbocycles. The van der Waals surface area contributed by atoms with E-state index in [4.69, 9.17) is 9.29 Å². The highest BCUT2D eigenvalue weighted by Crippen LogP contribution is 2.16. The first kappa shape index (κ1) is 10.7. The maximum Gasteiger partial charge on any atom is 0.294 e. The summed E-state index contributed by atoms with van der Waals surface area (Å²) in [6, 6.07) is 5.49. The van der Waals surface area contributed by atoms with E-state index in [2.05, 4.69) is 4.99 Å². The van der Waals surface area contributed by atoms with Crippen molar-refractivity contribution in [1.82, 2.24) is 0 Å². The van der Waals surface area contributed by atoms with Gasteiger partial charge in [0.2, 0.25) is 0 Å². The molecule has 0 aliphatic rings. The van der Waals surface area contributed by atoms with Crippen molar-refractivity contribution in [3.8, 4) is 5.75 Å². The highest BCUT2D eigenvalue weighted by Gasteiger charge is 2.09. The van der Waals surface area contributed by atoms with Gasteiger partial charge in [0.25, 0.3) is 10.1 Å². The summed E-state index contributed by atoms with van der Waals surface area (Å²) in [5.41, 5.74) is 0. The molecule has 0 aromatic heterocycles. The van der Waals surface area contributed by atoms with Crippen LogP contribution >= 0.6 is 0 Å². The molecule has 0 bridgehead atoms. The van der Waals surface area contributed by atoms with Gasteiger partial charge in [-0.05, 0) is 12.1 Å². The Morgan fingerprint density at radius 3 is 2.79 bits per heavy atom. The molecule has 1 rings (SSSR count). The van der Waals surface area contributed by atoms with E-state index in [0.29, 0.717) is 5.75 Å². The van der Waals surface area contributed by atoms with Crippen molar-refractivity contribution in [3.63, 3.8) is 0 Å². The highest BCUT2D eigenvalue weighted by molar-refractivity contribution is 7.85. The lowest BCUT2D eigenvalue weighted by Gasteiger charge is -2.00. The van der Waals surface area contributed by atoms with Gasteiger partial charge < -0.3 is 4.74 Å². The standard InChI is InChI=1S/C8H9NO4S/c1-9-6-13-7-3-2-4-8(5-7)14(10,11)12/h2-6H,1H3,(H,10,11,12). The van der Waals surface area contributed by atoms with Gasteiger partial charge in [-0.3, -0.25) is 9.55 Å². The van der Waals surface area contributed by atoms with Crippen molar-refractivity contribution in [2.75, 3.05) is 7.05 Å². The smallest absolute Gasteiger partial charge is 0.294 e. The predicted molar refractivity (Wildman–Crippen MR) is 51.3 cm³/mol. The molecule has 1 N–H and O–H groups in total. The van der Waals surface area contributed by atoms with Gasteiger partial charge in [0.05, 0.1) is 4.90 Å². The Balaban J connectivity index is 3.02. The minimum absolute atomic E-state index is 0.209. The zero-order valence-electron chi connectivity index (χ0n) is 7.41. The summed E-state index contributed by atoms with van der Waals surface area (Å²) >= 11 is 0. The van der Waals surface area contributed by atoms with Gasteiger partial charge in [-0.15, -0.1) is 0 Å². The molecule has 76 valence electrons. The average molecular weight is 215 g/mol. The van der Waals surface area contributed by atoms with E-state index in [9.17, 15) is 8.42 Å². The van der Waals surface area contributed by atoms with Crippen molar-refractivity contribution in [3.05, 3.63) is 24.3 Å². The Labute approximate surface area is 81.8 Å². The molecular weight excluding hydrogens is 206 g/mol. The van der Waals surface area contributed by atoms with Crippen LogP contribution in [0.25, 0.3) is 0 Å². The fourth-order valence-electron chi connectivity index (χ4n) is 0.822. The normalized spacial score (nSPS) is 11.9. The van der Waals surface area contributed by atoms with E-state index in [-0.39, 0.29) is 4.90 Å². The van der Waals surface area contributed by atoms with Crippen LogP contribution in [-0.4, -0.2) is 26.4 Å². The minimum atomic E-state index is -4.17. The molecule has 0 spiro atoms. The number of benzene rings is 1. The van der Waals surface area contributed by atoms with Crippen LogP contribution in [0.3, 0.4) is 0 Å². The lowest BCUT2D eigenvalue weighted by Crippen LogP contribution is -1.98. The fourth-order valence-corrected chi connectivity index (χ4v) is 1.34. The van der Waals surface area contributed by atoms with Gasteiger partial charge in [-0.2, -0.15) is 8.42 Å². The molecule has 0 atom stereocenters. The Kier molecular flexibility index (Phi) is 3.21. The zero-order valence-corrected chi connectivity index (χ0v) is 8.23. The SMILES string of the molecule is CN=COc1cccc(S(=O)(=O)O)c1. The van der Waals surface area contributed by atoms with Crippen molar-refractivity contribution >= 4 is 16.5 Å². The fraction of sp³-hybridized carbons (Fsp3) is 0.125. The molecule has 5 nitrogen and oxygen atoms in total. The second-order valence-corrected chi connectivity index (χ2v) is 3.85. The molecule has 1 aromatic carbocycles. The highest BCUT2D eigenvalue weighted by atomic mass is 32.2. The third-order valence-corrected chi connectivity index (χ3v) is 2.25. The van der Waals surface area contributed by atoms with Gasteiger partial charge >= 0.3 is 0 Å². The van der Waals surface area contributed by atoms with Crippen LogP contribution in [0.5, 0.6) is 5.75 Å². The van der Waals surface area contributed by atoms with Crippen molar-refractivity contribution in [1.29, 1.82) is 0 Å². The molecule has 6 heteroatoms. The first-order chi connectivity index (χ1) is 6.54. The molecule has 0 saturated carbocycles. The van der Waals surface area contributed by atoms with Crippen LogP contribution in [0.2, 0.25) is 0 Å². The van der Waals surface area contributed by atoms with Gasteiger partial charge in [-0.25, -0.2) is 0 Å². The van der Waals surface area contributed by atoms with Crippen LogP contribution in [0.1, 0.15) is 0 Å². The molecule has 0 radical (unpaired) electrons. The van der Waals surface area contributed by atoms with Crippen LogP contribution in [0.4, 0.5) is 0 Å². The maximum atomic E-state index is 10.7. The summed E-state index contributed by atoms with van der Waals surface area (Å²) in [7, 11) is -2.65. The van der Waals surface area contributed by atoms with Gasteiger partial charge in [0.1, 0.15) is 5.75 Å². The maximum absolute atomic E-state index is 10.7. The molecule has 0 aliphatic heterocycles. The van der Waals surface area contributed by atoms with Crippen LogP contribution < -0.4 is 4.74 Å². The van der Waals surface area contributed by atoms with Gasteiger partial charge in [0, 0.05) is 13.1 Å². The first-order valence-corrected chi connectivity index (χ1v) is 5.13. The zero-order chi connectivity index (χ0) is 10.6. The number of hydrogen-bond acceptors (Lipinski definition) is 4. The van der Waals surface area contributed by atoms with Gasteiger partial charge in [-0.1, -0.05) is 6.07 Å². The Bertz CT molecular complexity index is 438. The topological polar surface area (TPSA) is 76.0 Å².